The van der Waals surface area contributed by atoms with E-state index in [-0.39, 0.29) is 24.1 Å². The molecule has 0 saturated heterocycles. The predicted molar refractivity (Wildman–Crippen MR) is 80.5 cm³/mol. The summed E-state index contributed by atoms with van der Waals surface area (Å²) in [5.74, 6) is -0.227. The van der Waals surface area contributed by atoms with Crippen LogP contribution in [0.3, 0.4) is 0 Å². The van der Waals surface area contributed by atoms with Gasteiger partial charge in [-0.3, -0.25) is 9.48 Å². The second kappa shape index (κ2) is 6.13. The van der Waals surface area contributed by atoms with Gasteiger partial charge in [-0.05, 0) is 24.6 Å². The zero-order valence-corrected chi connectivity index (χ0v) is 12.4. The number of carbonyl (C=O) groups is 2. The lowest BCUT2D eigenvalue weighted by atomic mass is 9.83. The molecule has 1 fully saturated rings. The molecule has 1 aromatic heterocycles. The average molecular weight is 298 g/mol. The van der Waals surface area contributed by atoms with E-state index in [4.69, 9.17) is 4.74 Å². The Bertz CT molecular complexity index is 678. The standard InChI is InChI=1S/C17H18N2O3/c1-19-15(9-10-18-19)14-8-7-13(20)11-16(14)22-17(21)12-5-3-2-4-6-12/h2-6,9-10,14,16H,7-8,11H2,1H3. The number of aromatic nitrogens is 2. The lowest BCUT2D eigenvalue weighted by Crippen LogP contribution is -2.33. The van der Waals surface area contributed by atoms with Gasteiger partial charge in [-0.25, -0.2) is 4.79 Å². The van der Waals surface area contributed by atoms with Crippen LogP contribution in [-0.4, -0.2) is 27.6 Å². The second-order valence-corrected chi connectivity index (χ2v) is 5.58. The van der Waals surface area contributed by atoms with Crippen LogP contribution >= 0.6 is 0 Å². The van der Waals surface area contributed by atoms with Crippen molar-refractivity contribution in [1.29, 1.82) is 0 Å². The first-order valence-corrected chi connectivity index (χ1v) is 7.41. The molecule has 2 unspecified atom stereocenters. The summed E-state index contributed by atoms with van der Waals surface area (Å²) < 4.78 is 7.42. The van der Waals surface area contributed by atoms with E-state index in [1.54, 1.807) is 35.1 Å². The molecule has 5 heteroatoms. The van der Waals surface area contributed by atoms with Gasteiger partial charge in [0.1, 0.15) is 11.9 Å². The maximum Gasteiger partial charge on any atom is 0.338 e. The highest BCUT2D eigenvalue weighted by Gasteiger charge is 2.35. The fourth-order valence-electron chi connectivity index (χ4n) is 2.96. The highest BCUT2D eigenvalue weighted by atomic mass is 16.5. The summed E-state index contributed by atoms with van der Waals surface area (Å²) in [4.78, 5) is 24.0. The highest BCUT2D eigenvalue weighted by Crippen LogP contribution is 2.33. The van der Waals surface area contributed by atoms with E-state index < -0.39 is 6.10 Å². The number of Topliss-reactive ketones (excluding diaryl/α,β-unsaturated/α-hetero) is 1. The molecule has 2 atom stereocenters. The minimum Gasteiger partial charge on any atom is -0.458 e. The van der Waals surface area contributed by atoms with Gasteiger partial charge < -0.3 is 4.74 Å². The minimum atomic E-state index is -0.427. The number of hydrogen-bond acceptors (Lipinski definition) is 4. The summed E-state index contributed by atoms with van der Waals surface area (Å²) in [6.45, 7) is 0. The third-order valence-electron chi connectivity index (χ3n) is 4.12. The van der Waals surface area contributed by atoms with Crippen molar-refractivity contribution >= 4 is 11.8 Å². The van der Waals surface area contributed by atoms with Crippen LogP contribution in [0.2, 0.25) is 0 Å². The maximum atomic E-state index is 12.3. The summed E-state index contributed by atoms with van der Waals surface area (Å²) in [7, 11) is 1.86. The number of nitrogens with zero attached hydrogens (tertiary/aromatic N) is 2. The van der Waals surface area contributed by atoms with Gasteiger partial charge in [0, 0.05) is 37.7 Å². The Morgan fingerprint density at radius 3 is 2.73 bits per heavy atom. The number of carbonyl (C=O) groups excluding carboxylic acids is 2. The second-order valence-electron chi connectivity index (χ2n) is 5.58. The van der Waals surface area contributed by atoms with Gasteiger partial charge in [-0.15, -0.1) is 0 Å². The van der Waals surface area contributed by atoms with E-state index in [1.165, 1.54) is 0 Å². The van der Waals surface area contributed by atoms with Crippen LogP contribution in [0.4, 0.5) is 0 Å². The number of rotatable bonds is 3. The van der Waals surface area contributed by atoms with E-state index in [0.29, 0.717) is 18.4 Å². The van der Waals surface area contributed by atoms with Crippen molar-refractivity contribution in [3.8, 4) is 0 Å². The number of esters is 1. The molecule has 0 radical (unpaired) electrons. The third kappa shape index (κ3) is 2.93. The number of hydrogen-bond donors (Lipinski definition) is 0. The molecule has 1 aliphatic carbocycles. The lowest BCUT2D eigenvalue weighted by molar-refractivity contribution is -0.123. The van der Waals surface area contributed by atoms with Crippen molar-refractivity contribution in [3.63, 3.8) is 0 Å². The normalized spacial score (nSPS) is 21.6. The Morgan fingerprint density at radius 2 is 2.05 bits per heavy atom. The monoisotopic (exact) mass is 298 g/mol. The van der Waals surface area contributed by atoms with E-state index in [1.807, 2.05) is 19.2 Å². The maximum absolute atomic E-state index is 12.3. The molecule has 0 bridgehead atoms. The summed E-state index contributed by atoms with van der Waals surface area (Å²) >= 11 is 0. The fraction of sp³-hybridized carbons (Fsp3) is 0.353. The fourth-order valence-corrected chi connectivity index (χ4v) is 2.96. The van der Waals surface area contributed by atoms with Gasteiger partial charge in [0.15, 0.2) is 0 Å². The first kappa shape index (κ1) is 14.5. The lowest BCUT2D eigenvalue weighted by Gasteiger charge is -2.30. The Balaban J connectivity index is 1.80. The third-order valence-corrected chi connectivity index (χ3v) is 4.12. The van der Waals surface area contributed by atoms with Crippen LogP contribution in [0.15, 0.2) is 42.6 Å². The van der Waals surface area contributed by atoms with Crippen molar-refractivity contribution in [2.75, 3.05) is 0 Å². The topological polar surface area (TPSA) is 61.2 Å². The number of ketones is 1. The van der Waals surface area contributed by atoms with E-state index in [9.17, 15) is 9.59 Å². The molecular weight excluding hydrogens is 280 g/mol. The number of ether oxygens (including phenoxy) is 1. The summed E-state index contributed by atoms with van der Waals surface area (Å²) in [5.41, 5.74) is 1.50. The molecule has 114 valence electrons. The summed E-state index contributed by atoms with van der Waals surface area (Å²) in [6, 6.07) is 10.8. The van der Waals surface area contributed by atoms with Crippen LogP contribution < -0.4 is 0 Å². The molecule has 3 rings (SSSR count). The smallest absolute Gasteiger partial charge is 0.338 e. The van der Waals surface area contributed by atoms with E-state index in [2.05, 4.69) is 5.10 Å². The van der Waals surface area contributed by atoms with Crippen molar-refractivity contribution < 1.29 is 14.3 Å². The largest absolute Gasteiger partial charge is 0.458 e. The first-order chi connectivity index (χ1) is 10.6. The Morgan fingerprint density at radius 1 is 1.27 bits per heavy atom. The Hall–Kier alpha value is -2.43. The van der Waals surface area contributed by atoms with E-state index >= 15 is 0 Å². The van der Waals surface area contributed by atoms with Gasteiger partial charge in [-0.1, -0.05) is 18.2 Å². The molecule has 0 N–H and O–H groups in total. The summed E-state index contributed by atoms with van der Waals surface area (Å²) in [6.07, 6.45) is 2.78. The Labute approximate surface area is 128 Å². The SMILES string of the molecule is Cn1nccc1C1CCC(=O)CC1OC(=O)c1ccccc1. The van der Waals surface area contributed by atoms with Crippen molar-refractivity contribution in [2.45, 2.75) is 31.3 Å². The minimum absolute atomic E-state index is 0.0119. The molecule has 2 aromatic rings. The molecule has 5 nitrogen and oxygen atoms in total. The molecule has 1 aromatic carbocycles. The van der Waals surface area contributed by atoms with Crippen LogP contribution in [-0.2, 0) is 16.6 Å². The van der Waals surface area contributed by atoms with Gasteiger partial charge in [0.05, 0.1) is 5.56 Å². The molecule has 0 spiro atoms. The number of aryl methyl sites for hydroxylation is 1. The zero-order chi connectivity index (χ0) is 15.5. The summed E-state index contributed by atoms with van der Waals surface area (Å²) in [5, 5.41) is 4.17. The van der Waals surface area contributed by atoms with Crippen LogP contribution in [0.25, 0.3) is 0 Å². The van der Waals surface area contributed by atoms with Gasteiger partial charge in [0.2, 0.25) is 0 Å². The van der Waals surface area contributed by atoms with Gasteiger partial charge in [0.25, 0.3) is 0 Å². The molecule has 22 heavy (non-hydrogen) atoms. The van der Waals surface area contributed by atoms with Crippen LogP contribution in [0.5, 0.6) is 0 Å². The van der Waals surface area contributed by atoms with Crippen molar-refractivity contribution in [1.82, 2.24) is 9.78 Å². The Kier molecular flexibility index (Phi) is 4.04. The molecule has 1 saturated carbocycles. The van der Waals surface area contributed by atoms with Crippen molar-refractivity contribution in [2.24, 2.45) is 7.05 Å². The van der Waals surface area contributed by atoms with Gasteiger partial charge in [-0.2, -0.15) is 5.10 Å². The first-order valence-electron chi connectivity index (χ1n) is 7.41. The molecular formula is C17H18N2O3. The number of benzene rings is 1. The van der Waals surface area contributed by atoms with Crippen molar-refractivity contribution in [3.05, 3.63) is 53.9 Å². The molecule has 0 amide bonds. The highest BCUT2D eigenvalue weighted by molar-refractivity contribution is 5.90. The molecule has 1 heterocycles. The molecule has 0 aliphatic heterocycles. The molecule has 1 aliphatic rings. The zero-order valence-electron chi connectivity index (χ0n) is 12.4. The van der Waals surface area contributed by atoms with E-state index in [0.717, 1.165) is 5.69 Å². The quantitative estimate of drug-likeness (QED) is 0.817. The average Bonchev–Trinajstić information content (AvgIpc) is 2.94. The van der Waals surface area contributed by atoms with Gasteiger partial charge >= 0.3 is 5.97 Å². The van der Waals surface area contributed by atoms with Crippen LogP contribution in [0.1, 0.15) is 41.2 Å². The predicted octanol–water partition coefficient (Wildman–Crippen LogP) is 2.48. The van der Waals surface area contributed by atoms with Crippen LogP contribution in [0, 0.1) is 0 Å².